The molecule has 0 aromatic rings. The second-order valence-corrected chi connectivity index (χ2v) is 5.96. The van der Waals surface area contributed by atoms with E-state index in [0.29, 0.717) is 6.61 Å². The second kappa shape index (κ2) is 14.9. The third kappa shape index (κ3) is 13.9. The summed E-state index contributed by atoms with van der Waals surface area (Å²) in [4.78, 5) is 23.1. The van der Waals surface area contributed by atoms with Gasteiger partial charge in [-0.25, -0.2) is 0 Å². The highest BCUT2D eigenvalue weighted by atomic mass is 16.6. The minimum Gasteiger partial charge on any atom is -0.465 e. The van der Waals surface area contributed by atoms with Crippen LogP contribution >= 0.6 is 0 Å². The Morgan fingerprint density at radius 1 is 0.818 bits per heavy atom. The number of unbranched alkanes of at least 4 members (excludes halogenated alkanes) is 7. The Kier molecular flexibility index (Phi) is 14.1. The van der Waals surface area contributed by atoms with Gasteiger partial charge < -0.3 is 9.47 Å². The van der Waals surface area contributed by atoms with Crippen LogP contribution in [0, 0.1) is 0 Å². The average molecular weight is 314 g/mol. The van der Waals surface area contributed by atoms with Gasteiger partial charge in [0.15, 0.2) is 0 Å². The molecule has 0 rings (SSSR count). The van der Waals surface area contributed by atoms with Gasteiger partial charge in [0, 0.05) is 0 Å². The molecule has 0 aliphatic carbocycles. The number of carbonyl (C=O) groups excluding carboxylic acids is 2. The van der Waals surface area contributed by atoms with Gasteiger partial charge >= 0.3 is 11.9 Å². The molecule has 0 aliphatic rings. The van der Waals surface area contributed by atoms with Crippen molar-refractivity contribution >= 4 is 11.9 Å². The smallest absolute Gasteiger partial charge is 0.317 e. The monoisotopic (exact) mass is 314 g/mol. The highest BCUT2D eigenvalue weighted by Crippen LogP contribution is 2.08. The summed E-state index contributed by atoms with van der Waals surface area (Å²) in [6.07, 6.45) is 10.7. The number of ether oxygens (including phenoxy) is 2. The van der Waals surface area contributed by atoms with Crippen molar-refractivity contribution in [3.8, 4) is 0 Å². The van der Waals surface area contributed by atoms with E-state index < -0.39 is 11.9 Å². The van der Waals surface area contributed by atoms with Gasteiger partial charge in [0.05, 0.1) is 12.7 Å². The summed E-state index contributed by atoms with van der Waals surface area (Å²) in [5.41, 5.74) is 0. The first-order chi connectivity index (χ1) is 10.6. The predicted molar refractivity (Wildman–Crippen MR) is 88.6 cm³/mol. The van der Waals surface area contributed by atoms with Crippen molar-refractivity contribution in [1.82, 2.24) is 0 Å². The standard InChI is InChI=1S/C18H34O4/c1-4-6-8-9-10-12-14-21-17(19)15-18(20)22-16(3)13-11-7-5-2/h16H,4-15H2,1-3H3. The van der Waals surface area contributed by atoms with Crippen LogP contribution in [0.15, 0.2) is 0 Å². The van der Waals surface area contributed by atoms with Crippen molar-refractivity contribution in [2.24, 2.45) is 0 Å². The molecule has 0 spiro atoms. The van der Waals surface area contributed by atoms with E-state index in [0.717, 1.165) is 38.5 Å². The van der Waals surface area contributed by atoms with Gasteiger partial charge in [-0.15, -0.1) is 0 Å². The van der Waals surface area contributed by atoms with Gasteiger partial charge in [0.2, 0.25) is 0 Å². The van der Waals surface area contributed by atoms with Gasteiger partial charge in [0.25, 0.3) is 0 Å². The summed E-state index contributed by atoms with van der Waals surface area (Å²) in [6.45, 7) is 6.60. The van der Waals surface area contributed by atoms with Gasteiger partial charge in [-0.05, 0) is 26.2 Å². The molecule has 0 aliphatic heterocycles. The zero-order valence-electron chi connectivity index (χ0n) is 14.7. The van der Waals surface area contributed by atoms with Gasteiger partial charge in [-0.1, -0.05) is 58.8 Å². The van der Waals surface area contributed by atoms with Crippen molar-refractivity contribution in [2.45, 2.75) is 97.5 Å². The van der Waals surface area contributed by atoms with Crippen LogP contribution < -0.4 is 0 Å². The minimum absolute atomic E-state index is 0.120. The maximum Gasteiger partial charge on any atom is 0.317 e. The van der Waals surface area contributed by atoms with E-state index in [9.17, 15) is 9.59 Å². The molecule has 0 N–H and O–H groups in total. The molecule has 1 unspecified atom stereocenters. The van der Waals surface area contributed by atoms with Gasteiger partial charge in [-0.3, -0.25) is 9.59 Å². The molecule has 1 atom stereocenters. The molecular formula is C18H34O4. The topological polar surface area (TPSA) is 52.6 Å². The fourth-order valence-electron chi connectivity index (χ4n) is 2.24. The normalized spacial score (nSPS) is 12.0. The first kappa shape index (κ1) is 20.9. The molecule has 0 radical (unpaired) electrons. The van der Waals surface area contributed by atoms with Crippen molar-refractivity contribution in [2.75, 3.05) is 6.61 Å². The second-order valence-electron chi connectivity index (χ2n) is 5.96. The Labute approximate surface area is 135 Å². The maximum atomic E-state index is 11.6. The summed E-state index contributed by atoms with van der Waals surface area (Å²) in [5, 5.41) is 0. The molecule has 0 amide bonds. The molecule has 4 nitrogen and oxygen atoms in total. The lowest BCUT2D eigenvalue weighted by molar-refractivity contribution is -0.157. The van der Waals surface area contributed by atoms with Crippen LogP contribution in [-0.4, -0.2) is 24.6 Å². The Morgan fingerprint density at radius 2 is 1.41 bits per heavy atom. The van der Waals surface area contributed by atoms with Gasteiger partial charge in [-0.2, -0.15) is 0 Å². The summed E-state index contributed by atoms with van der Waals surface area (Å²) in [7, 11) is 0. The van der Waals surface area contributed by atoms with E-state index in [1.54, 1.807) is 0 Å². The molecule has 0 saturated heterocycles. The van der Waals surface area contributed by atoms with Crippen LogP contribution in [0.4, 0.5) is 0 Å². The lowest BCUT2D eigenvalue weighted by Crippen LogP contribution is -2.19. The third-order valence-electron chi connectivity index (χ3n) is 3.60. The van der Waals surface area contributed by atoms with E-state index in [1.165, 1.54) is 25.7 Å². The Morgan fingerprint density at radius 3 is 2.09 bits per heavy atom. The summed E-state index contributed by atoms with van der Waals surface area (Å²) in [6, 6.07) is 0. The predicted octanol–water partition coefficient (Wildman–Crippen LogP) is 4.79. The van der Waals surface area contributed by atoms with E-state index in [1.807, 2.05) is 6.92 Å². The van der Waals surface area contributed by atoms with E-state index in [-0.39, 0.29) is 12.5 Å². The minimum atomic E-state index is -0.475. The SMILES string of the molecule is CCCCCCCCOC(=O)CC(=O)OC(C)CCCCC. The number of rotatable bonds is 14. The van der Waals surface area contributed by atoms with Crippen LogP contribution in [0.5, 0.6) is 0 Å². The Bertz CT molecular complexity index is 289. The summed E-state index contributed by atoms with van der Waals surface area (Å²) in [5.74, 6) is -0.948. The Hall–Kier alpha value is -1.06. The molecule has 22 heavy (non-hydrogen) atoms. The molecule has 130 valence electrons. The number of carbonyl (C=O) groups is 2. The lowest BCUT2D eigenvalue weighted by Gasteiger charge is -2.12. The molecule has 0 fully saturated rings. The molecular weight excluding hydrogens is 280 g/mol. The van der Waals surface area contributed by atoms with E-state index in [4.69, 9.17) is 9.47 Å². The maximum absolute atomic E-state index is 11.6. The zero-order valence-corrected chi connectivity index (χ0v) is 14.7. The number of hydrogen-bond acceptors (Lipinski definition) is 4. The van der Waals surface area contributed by atoms with Crippen molar-refractivity contribution < 1.29 is 19.1 Å². The largest absolute Gasteiger partial charge is 0.465 e. The first-order valence-electron chi connectivity index (χ1n) is 8.95. The van der Waals surface area contributed by atoms with Crippen LogP contribution in [0.3, 0.4) is 0 Å². The fourth-order valence-corrected chi connectivity index (χ4v) is 2.24. The first-order valence-corrected chi connectivity index (χ1v) is 8.95. The molecule has 0 aromatic heterocycles. The average Bonchev–Trinajstić information content (AvgIpc) is 2.46. The number of hydrogen-bond donors (Lipinski definition) is 0. The number of esters is 2. The molecule has 4 heteroatoms. The summed E-state index contributed by atoms with van der Waals surface area (Å²) < 4.78 is 10.3. The van der Waals surface area contributed by atoms with Crippen molar-refractivity contribution in [3.63, 3.8) is 0 Å². The van der Waals surface area contributed by atoms with Crippen molar-refractivity contribution in [3.05, 3.63) is 0 Å². The van der Waals surface area contributed by atoms with E-state index >= 15 is 0 Å². The third-order valence-corrected chi connectivity index (χ3v) is 3.60. The molecule has 0 saturated carbocycles. The molecule has 0 heterocycles. The van der Waals surface area contributed by atoms with Gasteiger partial charge in [0.1, 0.15) is 6.42 Å². The van der Waals surface area contributed by atoms with Crippen LogP contribution in [0.2, 0.25) is 0 Å². The van der Waals surface area contributed by atoms with Crippen LogP contribution in [-0.2, 0) is 19.1 Å². The highest BCUT2D eigenvalue weighted by molar-refractivity contribution is 5.91. The molecule has 0 bridgehead atoms. The lowest BCUT2D eigenvalue weighted by atomic mass is 10.1. The molecule has 0 aromatic carbocycles. The van der Waals surface area contributed by atoms with Crippen LogP contribution in [0.1, 0.15) is 91.4 Å². The van der Waals surface area contributed by atoms with Crippen molar-refractivity contribution in [1.29, 1.82) is 0 Å². The van der Waals surface area contributed by atoms with Crippen LogP contribution in [0.25, 0.3) is 0 Å². The Balaban J connectivity index is 3.55. The quantitative estimate of drug-likeness (QED) is 0.263. The summed E-state index contributed by atoms with van der Waals surface area (Å²) >= 11 is 0. The van der Waals surface area contributed by atoms with E-state index in [2.05, 4.69) is 13.8 Å². The zero-order chi connectivity index (χ0) is 16.6. The fraction of sp³-hybridized carbons (Fsp3) is 0.889. The highest BCUT2D eigenvalue weighted by Gasteiger charge is 2.14.